The maximum Gasteiger partial charge on any atom is 0.410 e. The van der Waals surface area contributed by atoms with Crippen molar-refractivity contribution in [2.45, 2.75) is 19.5 Å². The van der Waals surface area contributed by atoms with Crippen LogP contribution in [-0.2, 0) is 20.8 Å². The molecule has 0 aliphatic rings. The lowest BCUT2D eigenvalue weighted by Gasteiger charge is -2.24. The zero-order chi connectivity index (χ0) is 12.8. The molecule has 0 aliphatic carbocycles. The van der Waals surface area contributed by atoms with Crippen molar-refractivity contribution in [3.8, 4) is 0 Å². The Kier molecular flexibility index (Phi) is 4.56. The number of esters is 1. The molecule has 6 heteroatoms. The van der Waals surface area contributed by atoms with E-state index in [1.807, 2.05) is 0 Å². The first-order valence-electron chi connectivity index (χ1n) is 5.05. The Hall–Kier alpha value is -1.98. The fourth-order valence-corrected chi connectivity index (χ4v) is 1.35. The monoisotopic (exact) mass is 241 g/mol. The summed E-state index contributed by atoms with van der Waals surface area (Å²) in [5, 5.41) is 0. The zero-order valence-corrected chi connectivity index (χ0v) is 10.0. The molecule has 1 rings (SSSR count). The second-order valence-corrected chi connectivity index (χ2v) is 3.38. The fraction of sp³-hybridized carbons (Fsp3) is 0.455. The number of carbonyl (C=O) groups excluding carboxylic acids is 2. The number of methoxy groups -OCH3 is 2. The van der Waals surface area contributed by atoms with Crippen LogP contribution in [0, 0.1) is 0 Å². The molecule has 1 amide bonds. The average molecular weight is 241 g/mol. The molecule has 17 heavy (non-hydrogen) atoms. The van der Waals surface area contributed by atoms with Crippen LogP contribution in [0.25, 0.3) is 0 Å². The first kappa shape index (κ1) is 13.1. The van der Waals surface area contributed by atoms with E-state index in [9.17, 15) is 9.59 Å². The quantitative estimate of drug-likeness (QED) is 0.745. The molecule has 1 unspecified atom stereocenters. The summed E-state index contributed by atoms with van der Waals surface area (Å²) in [7, 11) is 2.52. The smallest absolute Gasteiger partial charge is 0.410 e. The maximum absolute atomic E-state index is 11.6. The van der Waals surface area contributed by atoms with Crippen molar-refractivity contribution in [1.82, 2.24) is 4.90 Å². The summed E-state index contributed by atoms with van der Waals surface area (Å²) in [6, 6.07) is 2.67. The Labute approximate surface area is 99.1 Å². The van der Waals surface area contributed by atoms with Gasteiger partial charge in [0.05, 0.1) is 27.0 Å². The van der Waals surface area contributed by atoms with Gasteiger partial charge in [0.15, 0.2) is 0 Å². The van der Waals surface area contributed by atoms with Crippen molar-refractivity contribution in [1.29, 1.82) is 0 Å². The van der Waals surface area contributed by atoms with E-state index in [1.165, 1.54) is 25.4 Å². The van der Waals surface area contributed by atoms with Gasteiger partial charge in [-0.2, -0.15) is 0 Å². The molecule has 0 saturated carbocycles. The number of rotatable bonds is 4. The summed E-state index contributed by atoms with van der Waals surface area (Å²) < 4.78 is 14.3. The van der Waals surface area contributed by atoms with Gasteiger partial charge in [0.2, 0.25) is 0 Å². The van der Waals surface area contributed by atoms with Gasteiger partial charge in [-0.1, -0.05) is 0 Å². The molecular weight excluding hydrogens is 226 g/mol. The van der Waals surface area contributed by atoms with Crippen LogP contribution < -0.4 is 0 Å². The minimum atomic E-state index is -0.738. The van der Waals surface area contributed by atoms with Gasteiger partial charge in [0.25, 0.3) is 0 Å². The lowest BCUT2D eigenvalue weighted by Crippen LogP contribution is -2.43. The van der Waals surface area contributed by atoms with E-state index >= 15 is 0 Å². The van der Waals surface area contributed by atoms with Crippen LogP contribution >= 0.6 is 0 Å². The van der Waals surface area contributed by atoms with Gasteiger partial charge < -0.3 is 13.9 Å². The Bertz CT molecular complexity index is 373. The van der Waals surface area contributed by atoms with Gasteiger partial charge in [-0.05, 0) is 19.1 Å². The molecule has 1 aromatic heterocycles. The predicted octanol–water partition coefficient (Wildman–Crippen LogP) is 1.41. The Morgan fingerprint density at radius 1 is 1.41 bits per heavy atom. The molecular formula is C11H15NO5. The van der Waals surface area contributed by atoms with Crippen molar-refractivity contribution in [3.63, 3.8) is 0 Å². The molecule has 0 radical (unpaired) electrons. The first-order valence-corrected chi connectivity index (χ1v) is 5.05. The second-order valence-electron chi connectivity index (χ2n) is 3.38. The van der Waals surface area contributed by atoms with Crippen LogP contribution in [-0.4, -0.2) is 37.2 Å². The molecule has 0 spiro atoms. The maximum atomic E-state index is 11.6. The molecule has 0 aromatic carbocycles. The van der Waals surface area contributed by atoms with Crippen LogP contribution in [0.3, 0.4) is 0 Å². The SMILES string of the molecule is COC(=O)C(C)N(Cc1ccco1)C(=O)OC. The van der Waals surface area contributed by atoms with E-state index in [-0.39, 0.29) is 6.54 Å². The Morgan fingerprint density at radius 3 is 2.59 bits per heavy atom. The van der Waals surface area contributed by atoms with Crippen LogP contribution in [0.5, 0.6) is 0 Å². The van der Waals surface area contributed by atoms with E-state index in [2.05, 4.69) is 9.47 Å². The first-order chi connectivity index (χ1) is 8.10. The topological polar surface area (TPSA) is 69.0 Å². The van der Waals surface area contributed by atoms with E-state index < -0.39 is 18.1 Å². The third-order valence-electron chi connectivity index (χ3n) is 2.33. The van der Waals surface area contributed by atoms with Gasteiger partial charge >= 0.3 is 12.1 Å². The van der Waals surface area contributed by atoms with Crippen LogP contribution in [0.15, 0.2) is 22.8 Å². The molecule has 1 heterocycles. The average Bonchev–Trinajstić information content (AvgIpc) is 2.86. The third-order valence-corrected chi connectivity index (χ3v) is 2.33. The van der Waals surface area contributed by atoms with Gasteiger partial charge in [-0.3, -0.25) is 4.90 Å². The highest BCUT2D eigenvalue weighted by Gasteiger charge is 2.28. The Balaban J connectivity index is 2.80. The predicted molar refractivity (Wildman–Crippen MR) is 58.1 cm³/mol. The van der Waals surface area contributed by atoms with Crippen LogP contribution in [0.1, 0.15) is 12.7 Å². The summed E-state index contributed by atoms with van der Waals surface area (Å²) >= 11 is 0. The fourth-order valence-electron chi connectivity index (χ4n) is 1.35. The standard InChI is InChI=1S/C11H15NO5/c1-8(10(13)15-2)12(11(14)16-3)7-9-5-4-6-17-9/h4-6,8H,7H2,1-3H3. The summed E-state index contributed by atoms with van der Waals surface area (Å²) in [4.78, 5) is 24.2. The number of hydrogen-bond acceptors (Lipinski definition) is 5. The summed E-state index contributed by atoms with van der Waals surface area (Å²) in [6.45, 7) is 1.71. The zero-order valence-electron chi connectivity index (χ0n) is 10.0. The third kappa shape index (κ3) is 3.24. The molecule has 0 bridgehead atoms. The minimum Gasteiger partial charge on any atom is -0.467 e. The van der Waals surface area contributed by atoms with Crippen LogP contribution in [0.2, 0.25) is 0 Å². The summed E-state index contributed by atoms with van der Waals surface area (Å²) in [5.41, 5.74) is 0. The van der Waals surface area contributed by atoms with Crippen molar-refractivity contribution in [2.24, 2.45) is 0 Å². The molecule has 0 saturated heterocycles. The molecule has 1 atom stereocenters. The molecule has 0 N–H and O–H groups in total. The highest BCUT2D eigenvalue weighted by molar-refractivity contribution is 5.80. The highest BCUT2D eigenvalue weighted by Crippen LogP contribution is 2.11. The summed E-state index contributed by atoms with van der Waals surface area (Å²) in [6.07, 6.45) is 0.882. The van der Waals surface area contributed by atoms with Crippen molar-refractivity contribution in [3.05, 3.63) is 24.2 Å². The van der Waals surface area contributed by atoms with Gasteiger partial charge in [0, 0.05) is 0 Å². The number of ether oxygens (including phenoxy) is 2. The number of nitrogens with zero attached hydrogens (tertiary/aromatic N) is 1. The Morgan fingerprint density at radius 2 is 2.12 bits per heavy atom. The molecule has 6 nitrogen and oxygen atoms in total. The molecule has 0 fully saturated rings. The van der Waals surface area contributed by atoms with Gasteiger partial charge in [-0.15, -0.1) is 0 Å². The van der Waals surface area contributed by atoms with Crippen LogP contribution in [0.4, 0.5) is 4.79 Å². The van der Waals surface area contributed by atoms with E-state index in [1.54, 1.807) is 19.1 Å². The number of carbonyl (C=O) groups is 2. The molecule has 94 valence electrons. The van der Waals surface area contributed by atoms with Crippen molar-refractivity contribution >= 4 is 12.1 Å². The number of hydrogen-bond donors (Lipinski definition) is 0. The second kappa shape index (κ2) is 5.93. The molecule has 0 aliphatic heterocycles. The number of amides is 1. The highest BCUT2D eigenvalue weighted by atomic mass is 16.5. The summed E-state index contributed by atoms with van der Waals surface area (Å²) in [5.74, 6) is 0.0492. The van der Waals surface area contributed by atoms with E-state index in [0.29, 0.717) is 5.76 Å². The van der Waals surface area contributed by atoms with E-state index in [4.69, 9.17) is 4.42 Å². The molecule has 1 aromatic rings. The van der Waals surface area contributed by atoms with Crippen molar-refractivity contribution in [2.75, 3.05) is 14.2 Å². The van der Waals surface area contributed by atoms with Gasteiger partial charge in [0.1, 0.15) is 11.8 Å². The van der Waals surface area contributed by atoms with E-state index in [0.717, 1.165) is 0 Å². The van der Waals surface area contributed by atoms with Crippen molar-refractivity contribution < 1.29 is 23.5 Å². The largest absolute Gasteiger partial charge is 0.467 e. The minimum absolute atomic E-state index is 0.149. The normalized spacial score (nSPS) is 11.7. The van der Waals surface area contributed by atoms with Gasteiger partial charge in [-0.25, -0.2) is 9.59 Å². The number of furan rings is 1. The lowest BCUT2D eigenvalue weighted by molar-refractivity contribution is -0.145. The lowest BCUT2D eigenvalue weighted by atomic mass is 10.3.